The van der Waals surface area contributed by atoms with E-state index in [0.29, 0.717) is 11.0 Å². The Hall–Kier alpha value is -1.75. The molecule has 0 aliphatic carbocycles. The van der Waals surface area contributed by atoms with Crippen molar-refractivity contribution >= 4 is 17.7 Å². The van der Waals surface area contributed by atoms with Crippen molar-refractivity contribution in [3.63, 3.8) is 0 Å². The van der Waals surface area contributed by atoms with Gasteiger partial charge in [-0.15, -0.1) is 0 Å². The molecule has 2 heterocycles. The number of aromatic nitrogens is 1. The predicted molar refractivity (Wildman–Crippen MR) is 84.4 cm³/mol. The van der Waals surface area contributed by atoms with E-state index in [9.17, 15) is 4.79 Å². The summed E-state index contributed by atoms with van der Waals surface area (Å²) in [6, 6.07) is 7.80. The second-order valence-corrected chi connectivity index (χ2v) is 6.74. The molecule has 0 unspecified atom stereocenters. The number of oxazole rings is 1. The van der Waals surface area contributed by atoms with Crippen LogP contribution in [0.15, 0.2) is 41.3 Å². The summed E-state index contributed by atoms with van der Waals surface area (Å²) >= 11 is 1.93. The molecule has 0 bridgehead atoms. The Balaban J connectivity index is 1.79. The maximum atomic E-state index is 12.6. The number of thioether (sulfide) groups is 1. The van der Waals surface area contributed by atoms with E-state index in [1.807, 2.05) is 40.9 Å². The highest BCUT2D eigenvalue weighted by Crippen LogP contribution is 2.26. The monoisotopic (exact) mass is 302 g/mol. The highest BCUT2D eigenvalue weighted by atomic mass is 32.2. The number of benzene rings is 1. The van der Waals surface area contributed by atoms with Crippen molar-refractivity contribution in [1.82, 2.24) is 9.88 Å². The summed E-state index contributed by atoms with van der Waals surface area (Å²) < 4.78 is 5.26. The summed E-state index contributed by atoms with van der Waals surface area (Å²) in [5, 5.41) is 0.483. The molecule has 0 N–H and O–H groups in total. The van der Waals surface area contributed by atoms with Crippen LogP contribution in [-0.4, -0.2) is 39.4 Å². The summed E-state index contributed by atoms with van der Waals surface area (Å²) in [6.45, 7) is 5.12. The van der Waals surface area contributed by atoms with Crippen LogP contribution in [0.3, 0.4) is 0 Å². The van der Waals surface area contributed by atoms with Crippen molar-refractivity contribution in [2.75, 3.05) is 12.3 Å². The van der Waals surface area contributed by atoms with Gasteiger partial charge in [0, 0.05) is 34.7 Å². The first kappa shape index (κ1) is 14.2. The molecule has 1 saturated heterocycles. The first-order chi connectivity index (χ1) is 10.2. The fourth-order valence-electron chi connectivity index (χ4n) is 2.52. The third kappa shape index (κ3) is 2.83. The molecule has 1 aromatic carbocycles. The predicted octanol–water partition coefficient (Wildman–Crippen LogP) is 3.31. The van der Waals surface area contributed by atoms with Gasteiger partial charge < -0.3 is 9.32 Å². The average molecular weight is 302 g/mol. The van der Waals surface area contributed by atoms with Gasteiger partial charge in [0.25, 0.3) is 5.91 Å². The zero-order valence-corrected chi connectivity index (χ0v) is 13.0. The van der Waals surface area contributed by atoms with Crippen LogP contribution in [0.5, 0.6) is 0 Å². The van der Waals surface area contributed by atoms with Gasteiger partial charge in [-0.1, -0.05) is 19.1 Å². The van der Waals surface area contributed by atoms with Gasteiger partial charge in [-0.25, -0.2) is 4.98 Å². The molecule has 0 spiro atoms. The molecule has 0 radical (unpaired) electrons. The summed E-state index contributed by atoms with van der Waals surface area (Å²) in [5.41, 5.74) is 1.66. The Kier molecular flexibility index (Phi) is 4.01. The minimum atomic E-state index is 0.110. The van der Waals surface area contributed by atoms with Crippen molar-refractivity contribution in [2.45, 2.75) is 25.1 Å². The van der Waals surface area contributed by atoms with Gasteiger partial charge in [0.2, 0.25) is 0 Å². The van der Waals surface area contributed by atoms with Gasteiger partial charge in [0.1, 0.15) is 0 Å². The minimum Gasteiger partial charge on any atom is -0.444 e. The SMILES string of the molecule is C[C@@H]1SCCN(C(=O)c2ccc(-c3cnco3)cc2)[C@@H]1C. The Labute approximate surface area is 128 Å². The molecule has 1 aliphatic heterocycles. The summed E-state index contributed by atoms with van der Waals surface area (Å²) in [4.78, 5) is 18.5. The number of carbonyl (C=O) groups is 1. The second kappa shape index (κ2) is 5.93. The van der Waals surface area contributed by atoms with Crippen LogP contribution in [0, 0.1) is 0 Å². The quantitative estimate of drug-likeness (QED) is 0.854. The minimum absolute atomic E-state index is 0.110. The Morgan fingerprint density at radius 3 is 2.76 bits per heavy atom. The largest absolute Gasteiger partial charge is 0.444 e. The van der Waals surface area contributed by atoms with Crippen LogP contribution in [-0.2, 0) is 0 Å². The lowest BCUT2D eigenvalue weighted by atomic mass is 10.1. The maximum absolute atomic E-state index is 12.6. The molecule has 5 heteroatoms. The smallest absolute Gasteiger partial charge is 0.254 e. The molecule has 21 heavy (non-hydrogen) atoms. The highest BCUT2D eigenvalue weighted by molar-refractivity contribution is 8.00. The number of rotatable bonds is 2. The van der Waals surface area contributed by atoms with Crippen LogP contribution in [0.25, 0.3) is 11.3 Å². The molecular weight excluding hydrogens is 284 g/mol. The molecule has 1 aromatic heterocycles. The lowest BCUT2D eigenvalue weighted by Crippen LogP contribution is -2.47. The van der Waals surface area contributed by atoms with Crippen LogP contribution < -0.4 is 0 Å². The number of hydrogen-bond donors (Lipinski definition) is 0. The standard InChI is InChI=1S/C16H18N2O2S/c1-11-12(2)21-8-7-18(11)16(19)14-5-3-13(4-6-14)15-9-17-10-20-15/h3-6,9-12H,7-8H2,1-2H3/t11-,12+/m1/s1. The fraction of sp³-hybridized carbons (Fsp3) is 0.375. The lowest BCUT2D eigenvalue weighted by Gasteiger charge is -2.37. The summed E-state index contributed by atoms with van der Waals surface area (Å²) in [7, 11) is 0. The Morgan fingerprint density at radius 2 is 2.10 bits per heavy atom. The first-order valence-electron chi connectivity index (χ1n) is 7.08. The molecule has 4 nitrogen and oxygen atoms in total. The van der Waals surface area contributed by atoms with Gasteiger partial charge in [-0.05, 0) is 19.1 Å². The number of amides is 1. The van der Waals surface area contributed by atoms with Gasteiger partial charge >= 0.3 is 0 Å². The summed E-state index contributed by atoms with van der Waals surface area (Å²) in [6.07, 6.45) is 3.07. The van der Waals surface area contributed by atoms with E-state index in [1.165, 1.54) is 6.39 Å². The molecular formula is C16H18N2O2S. The average Bonchev–Trinajstić information content (AvgIpc) is 3.04. The van der Waals surface area contributed by atoms with Crippen molar-refractivity contribution in [3.05, 3.63) is 42.4 Å². The van der Waals surface area contributed by atoms with E-state index in [4.69, 9.17) is 4.42 Å². The van der Waals surface area contributed by atoms with Crippen LogP contribution in [0.1, 0.15) is 24.2 Å². The molecule has 0 saturated carbocycles. The van der Waals surface area contributed by atoms with Gasteiger partial charge in [0.05, 0.1) is 6.20 Å². The molecule has 2 atom stereocenters. The van der Waals surface area contributed by atoms with Gasteiger partial charge in [-0.2, -0.15) is 11.8 Å². The van der Waals surface area contributed by atoms with Gasteiger partial charge in [0.15, 0.2) is 12.2 Å². The van der Waals surface area contributed by atoms with E-state index < -0.39 is 0 Å². The van der Waals surface area contributed by atoms with E-state index in [-0.39, 0.29) is 11.9 Å². The van der Waals surface area contributed by atoms with Crippen molar-refractivity contribution < 1.29 is 9.21 Å². The third-order valence-corrected chi connectivity index (χ3v) is 5.33. The van der Waals surface area contributed by atoms with Crippen molar-refractivity contribution in [1.29, 1.82) is 0 Å². The highest BCUT2D eigenvalue weighted by Gasteiger charge is 2.29. The molecule has 1 fully saturated rings. The zero-order chi connectivity index (χ0) is 14.8. The maximum Gasteiger partial charge on any atom is 0.254 e. The number of hydrogen-bond acceptors (Lipinski definition) is 4. The fourth-order valence-corrected chi connectivity index (χ4v) is 3.62. The molecule has 3 rings (SSSR count). The third-order valence-electron chi connectivity index (χ3n) is 3.99. The topological polar surface area (TPSA) is 46.3 Å². The van der Waals surface area contributed by atoms with E-state index in [0.717, 1.165) is 23.4 Å². The van der Waals surface area contributed by atoms with Crippen molar-refractivity contribution in [3.8, 4) is 11.3 Å². The molecule has 1 amide bonds. The van der Waals surface area contributed by atoms with Crippen LogP contribution in [0.4, 0.5) is 0 Å². The van der Waals surface area contributed by atoms with E-state index >= 15 is 0 Å². The lowest BCUT2D eigenvalue weighted by molar-refractivity contribution is 0.0698. The van der Waals surface area contributed by atoms with Crippen molar-refractivity contribution in [2.24, 2.45) is 0 Å². The first-order valence-corrected chi connectivity index (χ1v) is 8.13. The van der Waals surface area contributed by atoms with Crippen LogP contribution >= 0.6 is 11.8 Å². The van der Waals surface area contributed by atoms with Crippen LogP contribution in [0.2, 0.25) is 0 Å². The molecule has 110 valence electrons. The molecule has 2 aromatic rings. The Morgan fingerprint density at radius 1 is 1.33 bits per heavy atom. The number of nitrogens with zero attached hydrogens (tertiary/aromatic N) is 2. The Bertz CT molecular complexity index is 610. The number of carbonyl (C=O) groups excluding carboxylic acids is 1. The zero-order valence-electron chi connectivity index (χ0n) is 12.2. The van der Waals surface area contributed by atoms with Gasteiger partial charge in [-0.3, -0.25) is 4.79 Å². The summed E-state index contributed by atoms with van der Waals surface area (Å²) in [5.74, 6) is 1.83. The second-order valence-electron chi connectivity index (χ2n) is 5.26. The molecule has 1 aliphatic rings. The van der Waals surface area contributed by atoms with E-state index in [1.54, 1.807) is 6.20 Å². The van der Waals surface area contributed by atoms with E-state index in [2.05, 4.69) is 18.8 Å². The normalized spacial score (nSPS) is 22.3.